The number of hydrogen-bond donors (Lipinski definition) is 3. The summed E-state index contributed by atoms with van der Waals surface area (Å²) in [5.41, 5.74) is 0. The molecule has 0 aliphatic carbocycles. The van der Waals surface area contributed by atoms with Crippen molar-refractivity contribution >= 4 is 5.91 Å². The molecule has 0 aliphatic rings. The molecule has 0 spiro atoms. The third kappa shape index (κ3) is 49.7. The summed E-state index contributed by atoms with van der Waals surface area (Å²) in [6.45, 7) is 4.39. The SMILES string of the molecule is CCCCCCCCCCC/C=C\C/C=C\CCCCCCCCCCCCCC(=O)NC(CO)C(O)CCCCCCCCCCCCCCCCCCCCCCCC. The topological polar surface area (TPSA) is 69.6 Å². The number of allylic oxidation sites excluding steroid dienone is 4. The van der Waals surface area contributed by atoms with E-state index in [1.807, 2.05) is 0 Å². The first-order chi connectivity index (χ1) is 30.2. The summed E-state index contributed by atoms with van der Waals surface area (Å²) in [6, 6.07) is -0.537. The molecule has 2 unspecified atom stereocenters. The van der Waals surface area contributed by atoms with Crippen LogP contribution >= 0.6 is 0 Å². The molecule has 0 rings (SSSR count). The van der Waals surface area contributed by atoms with E-state index in [4.69, 9.17) is 0 Å². The quantitative estimate of drug-likeness (QED) is 0.0422. The number of unbranched alkanes of at least 4 members (excludes halogenated alkanes) is 41. The van der Waals surface area contributed by atoms with Crippen LogP contribution in [-0.2, 0) is 4.79 Å². The predicted molar refractivity (Wildman–Crippen MR) is 272 cm³/mol. The standard InChI is InChI=1S/C57H111NO3/c1-3-5-7-9-11-13-15-17-19-21-23-25-27-28-29-30-31-33-35-37-39-41-43-45-47-49-51-53-57(61)58-55(54-59)56(60)52-50-48-46-44-42-40-38-36-34-32-26-24-22-20-18-16-14-12-10-8-6-4-2/h23,25,28-29,55-56,59-60H,3-22,24,26-27,30-54H2,1-2H3,(H,58,61)/b25-23-,29-28-. The van der Waals surface area contributed by atoms with Crippen molar-refractivity contribution in [2.24, 2.45) is 0 Å². The van der Waals surface area contributed by atoms with Crippen LogP contribution in [0.1, 0.15) is 316 Å². The second kappa shape index (κ2) is 53.2. The van der Waals surface area contributed by atoms with Crippen LogP contribution in [0.15, 0.2) is 24.3 Å². The molecule has 0 heterocycles. The number of nitrogens with one attached hydrogen (secondary N) is 1. The molecule has 4 heteroatoms. The van der Waals surface area contributed by atoms with Crippen molar-refractivity contribution in [3.05, 3.63) is 24.3 Å². The number of rotatable bonds is 52. The third-order valence-corrected chi connectivity index (χ3v) is 13.2. The molecule has 4 nitrogen and oxygen atoms in total. The molecule has 1 amide bonds. The van der Waals surface area contributed by atoms with Gasteiger partial charge in [0.2, 0.25) is 5.91 Å². The lowest BCUT2D eigenvalue weighted by Gasteiger charge is -2.22. The fraction of sp³-hybridized carbons (Fsp3) is 0.912. The average molecular weight is 859 g/mol. The second-order valence-electron chi connectivity index (χ2n) is 19.4. The predicted octanol–water partition coefficient (Wildman–Crippen LogP) is 18.3. The van der Waals surface area contributed by atoms with Gasteiger partial charge in [-0.25, -0.2) is 0 Å². The maximum absolute atomic E-state index is 12.5. The highest BCUT2D eigenvalue weighted by Gasteiger charge is 2.20. The second-order valence-corrected chi connectivity index (χ2v) is 19.4. The fourth-order valence-electron chi connectivity index (χ4n) is 8.92. The van der Waals surface area contributed by atoms with E-state index in [0.717, 1.165) is 32.1 Å². The van der Waals surface area contributed by atoms with Crippen LogP contribution in [0.3, 0.4) is 0 Å². The van der Waals surface area contributed by atoms with Crippen LogP contribution in [0, 0.1) is 0 Å². The third-order valence-electron chi connectivity index (χ3n) is 13.2. The Kier molecular flexibility index (Phi) is 52.2. The summed E-state index contributed by atoms with van der Waals surface area (Å²) in [5, 5.41) is 23.3. The van der Waals surface area contributed by atoms with Gasteiger partial charge in [-0.3, -0.25) is 4.79 Å². The minimum atomic E-state index is -0.660. The van der Waals surface area contributed by atoms with Crippen LogP contribution in [0.2, 0.25) is 0 Å². The number of carbonyl (C=O) groups is 1. The van der Waals surface area contributed by atoms with Crippen molar-refractivity contribution in [2.75, 3.05) is 6.61 Å². The number of amides is 1. The summed E-state index contributed by atoms with van der Waals surface area (Å²) in [7, 11) is 0. The van der Waals surface area contributed by atoms with Crippen molar-refractivity contribution in [3.8, 4) is 0 Å². The molecule has 362 valence electrons. The zero-order valence-corrected chi connectivity index (χ0v) is 41.7. The van der Waals surface area contributed by atoms with Gasteiger partial charge in [-0.1, -0.05) is 289 Å². The van der Waals surface area contributed by atoms with Crippen molar-refractivity contribution < 1.29 is 15.0 Å². The van der Waals surface area contributed by atoms with Crippen LogP contribution in [0.5, 0.6) is 0 Å². The number of aliphatic hydroxyl groups excluding tert-OH is 2. The first-order valence-corrected chi connectivity index (χ1v) is 28.0. The van der Waals surface area contributed by atoms with E-state index in [2.05, 4.69) is 43.5 Å². The Morgan fingerprint density at radius 2 is 0.672 bits per heavy atom. The molecule has 0 fully saturated rings. The Morgan fingerprint density at radius 1 is 0.393 bits per heavy atom. The van der Waals surface area contributed by atoms with Gasteiger partial charge in [0.15, 0.2) is 0 Å². The molecule has 0 aromatic carbocycles. The Balaban J connectivity index is 3.45. The maximum atomic E-state index is 12.5. The highest BCUT2D eigenvalue weighted by molar-refractivity contribution is 5.76. The van der Waals surface area contributed by atoms with Crippen molar-refractivity contribution in [2.45, 2.75) is 328 Å². The Labute approximate surface area is 383 Å². The molecule has 61 heavy (non-hydrogen) atoms. The van der Waals surface area contributed by atoms with Gasteiger partial charge in [0.05, 0.1) is 18.8 Å². The summed E-state index contributed by atoms with van der Waals surface area (Å²) >= 11 is 0. The molecule has 0 radical (unpaired) electrons. The zero-order valence-electron chi connectivity index (χ0n) is 41.7. The lowest BCUT2D eigenvalue weighted by molar-refractivity contribution is -0.123. The van der Waals surface area contributed by atoms with Gasteiger partial charge in [0, 0.05) is 6.42 Å². The molecule has 0 bridgehead atoms. The highest BCUT2D eigenvalue weighted by atomic mass is 16.3. The van der Waals surface area contributed by atoms with Crippen LogP contribution in [0.25, 0.3) is 0 Å². The largest absolute Gasteiger partial charge is 0.394 e. The van der Waals surface area contributed by atoms with Gasteiger partial charge in [-0.15, -0.1) is 0 Å². The normalized spacial score (nSPS) is 12.9. The van der Waals surface area contributed by atoms with Crippen molar-refractivity contribution in [3.63, 3.8) is 0 Å². The van der Waals surface area contributed by atoms with E-state index in [-0.39, 0.29) is 12.5 Å². The molecule has 0 aliphatic heterocycles. The lowest BCUT2D eigenvalue weighted by atomic mass is 10.0. The van der Waals surface area contributed by atoms with Gasteiger partial charge in [-0.05, 0) is 44.9 Å². The first-order valence-electron chi connectivity index (χ1n) is 28.0. The lowest BCUT2D eigenvalue weighted by Crippen LogP contribution is -2.45. The van der Waals surface area contributed by atoms with E-state index in [1.54, 1.807) is 0 Å². The number of carbonyl (C=O) groups excluding carboxylic acids is 1. The van der Waals surface area contributed by atoms with Crippen molar-refractivity contribution in [1.29, 1.82) is 0 Å². The number of hydrogen-bond acceptors (Lipinski definition) is 3. The summed E-state index contributed by atoms with van der Waals surface area (Å²) in [5.74, 6) is -0.0286. The van der Waals surface area contributed by atoms with Crippen molar-refractivity contribution in [1.82, 2.24) is 5.32 Å². The molecular weight excluding hydrogens is 747 g/mol. The minimum Gasteiger partial charge on any atom is -0.394 e. The van der Waals surface area contributed by atoms with E-state index in [9.17, 15) is 15.0 Å². The molecule has 0 aromatic rings. The molecule has 0 aromatic heterocycles. The monoisotopic (exact) mass is 858 g/mol. The molecular formula is C57H111NO3. The molecule has 0 saturated heterocycles. The first kappa shape index (κ1) is 59.9. The Morgan fingerprint density at radius 3 is 0.984 bits per heavy atom. The summed E-state index contributed by atoms with van der Waals surface area (Å²) < 4.78 is 0. The molecule has 2 atom stereocenters. The van der Waals surface area contributed by atoms with E-state index in [0.29, 0.717) is 12.8 Å². The molecule has 0 saturated carbocycles. The smallest absolute Gasteiger partial charge is 0.220 e. The van der Waals surface area contributed by atoms with Crippen LogP contribution < -0.4 is 5.32 Å². The van der Waals surface area contributed by atoms with E-state index < -0.39 is 12.1 Å². The summed E-state index contributed by atoms with van der Waals surface area (Å²) in [6.07, 6.45) is 70.2. The maximum Gasteiger partial charge on any atom is 0.220 e. The number of aliphatic hydroxyl groups is 2. The van der Waals surface area contributed by atoms with Crippen LogP contribution in [-0.4, -0.2) is 34.9 Å². The zero-order chi connectivity index (χ0) is 44.2. The van der Waals surface area contributed by atoms with E-state index in [1.165, 1.54) is 257 Å². The molecule has 3 N–H and O–H groups in total. The highest BCUT2D eigenvalue weighted by Crippen LogP contribution is 2.17. The Hall–Kier alpha value is -1.13. The average Bonchev–Trinajstić information content (AvgIpc) is 3.26. The van der Waals surface area contributed by atoms with E-state index >= 15 is 0 Å². The van der Waals surface area contributed by atoms with Gasteiger partial charge >= 0.3 is 0 Å². The van der Waals surface area contributed by atoms with Gasteiger partial charge in [0.1, 0.15) is 0 Å². The minimum absolute atomic E-state index is 0.0286. The fourth-order valence-corrected chi connectivity index (χ4v) is 8.92. The van der Waals surface area contributed by atoms with Gasteiger partial charge < -0.3 is 15.5 Å². The van der Waals surface area contributed by atoms with Gasteiger partial charge in [-0.2, -0.15) is 0 Å². The van der Waals surface area contributed by atoms with Gasteiger partial charge in [0.25, 0.3) is 0 Å². The summed E-state index contributed by atoms with van der Waals surface area (Å²) in [4.78, 5) is 12.5. The Bertz CT molecular complexity index is 886. The van der Waals surface area contributed by atoms with Crippen LogP contribution in [0.4, 0.5) is 0 Å².